The summed E-state index contributed by atoms with van der Waals surface area (Å²) in [6.07, 6.45) is 2.15. The molecule has 3 nitrogen and oxygen atoms in total. The summed E-state index contributed by atoms with van der Waals surface area (Å²) in [4.78, 5) is 0. The van der Waals surface area contributed by atoms with Gasteiger partial charge in [0.15, 0.2) is 0 Å². The van der Waals surface area contributed by atoms with Gasteiger partial charge in [-0.1, -0.05) is 0 Å². The van der Waals surface area contributed by atoms with E-state index >= 15 is 0 Å². The standard InChI is InChI=1S/C14H15F2N3/c1-19-14(10-7-9(15)4-5-11(10)16)8-13(18-19)12-3-2-6-17-12/h4-5,7-8,12,17H,2-3,6H2,1H3. The van der Waals surface area contributed by atoms with Crippen LogP contribution in [0.15, 0.2) is 24.3 Å². The Labute approximate surface area is 110 Å². The molecule has 5 heteroatoms. The summed E-state index contributed by atoms with van der Waals surface area (Å²) in [5.74, 6) is -0.881. The highest BCUT2D eigenvalue weighted by Crippen LogP contribution is 2.28. The molecule has 1 atom stereocenters. The van der Waals surface area contributed by atoms with E-state index in [2.05, 4.69) is 10.4 Å². The summed E-state index contributed by atoms with van der Waals surface area (Å²) < 4.78 is 28.7. The Morgan fingerprint density at radius 2 is 2.16 bits per heavy atom. The second-order valence-electron chi connectivity index (χ2n) is 4.85. The largest absolute Gasteiger partial charge is 0.309 e. The van der Waals surface area contributed by atoms with Crippen molar-refractivity contribution in [1.82, 2.24) is 15.1 Å². The van der Waals surface area contributed by atoms with Gasteiger partial charge < -0.3 is 5.32 Å². The molecular formula is C14H15F2N3. The summed E-state index contributed by atoms with van der Waals surface area (Å²) in [5.41, 5.74) is 1.73. The fourth-order valence-electron chi connectivity index (χ4n) is 2.54. The van der Waals surface area contributed by atoms with Crippen LogP contribution in [-0.4, -0.2) is 16.3 Å². The second-order valence-corrected chi connectivity index (χ2v) is 4.85. The number of hydrogen-bond acceptors (Lipinski definition) is 2. The average molecular weight is 263 g/mol. The summed E-state index contributed by atoms with van der Waals surface area (Å²) in [5, 5.41) is 7.75. The van der Waals surface area contributed by atoms with Gasteiger partial charge in [0.2, 0.25) is 0 Å². The third-order valence-electron chi connectivity index (χ3n) is 3.52. The highest BCUT2D eigenvalue weighted by atomic mass is 19.1. The van der Waals surface area contributed by atoms with Gasteiger partial charge in [-0.25, -0.2) is 8.78 Å². The van der Waals surface area contributed by atoms with Crippen molar-refractivity contribution < 1.29 is 8.78 Å². The Morgan fingerprint density at radius 1 is 1.32 bits per heavy atom. The third-order valence-corrected chi connectivity index (χ3v) is 3.52. The molecule has 1 fully saturated rings. The lowest BCUT2D eigenvalue weighted by atomic mass is 10.1. The lowest BCUT2D eigenvalue weighted by Gasteiger charge is -2.04. The third kappa shape index (κ3) is 2.26. The molecule has 0 saturated carbocycles. The highest BCUT2D eigenvalue weighted by molar-refractivity contribution is 5.61. The van der Waals surface area contributed by atoms with Crippen molar-refractivity contribution in [2.45, 2.75) is 18.9 Å². The van der Waals surface area contributed by atoms with Gasteiger partial charge in [-0.2, -0.15) is 5.10 Å². The van der Waals surface area contributed by atoms with Crippen LogP contribution in [0.2, 0.25) is 0 Å². The van der Waals surface area contributed by atoms with Gasteiger partial charge >= 0.3 is 0 Å². The van der Waals surface area contributed by atoms with Gasteiger partial charge in [-0.3, -0.25) is 4.68 Å². The molecule has 1 saturated heterocycles. The van der Waals surface area contributed by atoms with Gasteiger partial charge in [0.05, 0.1) is 17.4 Å². The first-order chi connectivity index (χ1) is 9.15. The normalized spacial score (nSPS) is 19.0. The zero-order valence-corrected chi connectivity index (χ0v) is 10.7. The fraction of sp³-hybridized carbons (Fsp3) is 0.357. The zero-order chi connectivity index (χ0) is 13.4. The second kappa shape index (κ2) is 4.74. The van der Waals surface area contributed by atoms with Gasteiger partial charge in [0.25, 0.3) is 0 Å². The Kier molecular flexibility index (Phi) is 3.06. The van der Waals surface area contributed by atoms with E-state index < -0.39 is 11.6 Å². The van der Waals surface area contributed by atoms with Crippen molar-refractivity contribution >= 4 is 0 Å². The minimum atomic E-state index is -0.446. The number of aromatic nitrogens is 2. The topological polar surface area (TPSA) is 29.9 Å². The lowest BCUT2D eigenvalue weighted by molar-refractivity contribution is 0.598. The molecule has 0 amide bonds. The molecule has 1 N–H and O–H groups in total. The molecule has 19 heavy (non-hydrogen) atoms. The van der Waals surface area contributed by atoms with Crippen LogP contribution < -0.4 is 5.32 Å². The maximum atomic E-state index is 13.8. The molecule has 2 aromatic rings. The van der Waals surface area contributed by atoms with Crippen LogP contribution in [-0.2, 0) is 7.05 Å². The number of rotatable bonds is 2. The van der Waals surface area contributed by atoms with E-state index in [1.54, 1.807) is 11.7 Å². The van der Waals surface area contributed by atoms with E-state index in [1.807, 2.05) is 6.07 Å². The first-order valence-electron chi connectivity index (χ1n) is 6.38. The maximum Gasteiger partial charge on any atom is 0.132 e. The number of halogens is 2. The quantitative estimate of drug-likeness (QED) is 0.903. The molecule has 0 aliphatic carbocycles. The van der Waals surface area contributed by atoms with Gasteiger partial charge in [0.1, 0.15) is 11.6 Å². The Balaban J connectivity index is 2.02. The average Bonchev–Trinajstić information content (AvgIpc) is 3.01. The first kappa shape index (κ1) is 12.3. The van der Waals surface area contributed by atoms with Crippen LogP contribution in [0.25, 0.3) is 11.3 Å². The lowest BCUT2D eigenvalue weighted by Crippen LogP contribution is -2.13. The van der Waals surface area contributed by atoms with Crippen LogP contribution in [0.1, 0.15) is 24.6 Å². The molecule has 0 bridgehead atoms. The Hall–Kier alpha value is -1.75. The zero-order valence-electron chi connectivity index (χ0n) is 10.7. The van der Waals surface area contributed by atoms with Gasteiger partial charge in [0, 0.05) is 12.6 Å². The Morgan fingerprint density at radius 3 is 2.89 bits per heavy atom. The molecule has 1 aromatic heterocycles. The van der Waals surface area contributed by atoms with Crippen LogP contribution in [0.3, 0.4) is 0 Å². The molecule has 1 aromatic carbocycles. The summed E-state index contributed by atoms with van der Waals surface area (Å²) in [6, 6.07) is 5.52. The van der Waals surface area contributed by atoms with Crippen molar-refractivity contribution in [2.24, 2.45) is 7.05 Å². The van der Waals surface area contributed by atoms with Crippen molar-refractivity contribution in [3.63, 3.8) is 0 Å². The van der Waals surface area contributed by atoms with Crippen molar-refractivity contribution in [3.05, 3.63) is 41.6 Å². The number of nitrogens with zero attached hydrogens (tertiary/aromatic N) is 2. The minimum Gasteiger partial charge on any atom is -0.309 e. The first-order valence-corrected chi connectivity index (χ1v) is 6.38. The fourth-order valence-corrected chi connectivity index (χ4v) is 2.54. The Bertz CT molecular complexity index is 601. The van der Waals surface area contributed by atoms with Gasteiger partial charge in [-0.15, -0.1) is 0 Å². The number of nitrogens with one attached hydrogen (secondary N) is 1. The maximum absolute atomic E-state index is 13.8. The van der Waals surface area contributed by atoms with E-state index in [1.165, 1.54) is 6.07 Å². The van der Waals surface area contributed by atoms with Crippen molar-refractivity contribution in [1.29, 1.82) is 0 Å². The van der Waals surface area contributed by atoms with Crippen molar-refractivity contribution in [3.8, 4) is 11.3 Å². The monoisotopic (exact) mass is 263 g/mol. The van der Waals surface area contributed by atoms with Gasteiger partial charge in [-0.05, 0) is 43.7 Å². The van der Waals surface area contributed by atoms with E-state index in [0.29, 0.717) is 5.69 Å². The van der Waals surface area contributed by atoms with Crippen LogP contribution >= 0.6 is 0 Å². The predicted molar refractivity (Wildman–Crippen MR) is 68.5 cm³/mol. The van der Waals surface area contributed by atoms with Crippen LogP contribution in [0.4, 0.5) is 8.78 Å². The molecule has 0 spiro atoms. The van der Waals surface area contributed by atoms with E-state index in [0.717, 1.165) is 37.2 Å². The van der Waals surface area contributed by atoms with Crippen molar-refractivity contribution in [2.75, 3.05) is 6.54 Å². The van der Waals surface area contributed by atoms with E-state index in [4.69, 9.17) is 0 Å². The molecule has 0 radical (unpaired) electrons. The smallest absolute Gasteiger partial charge is 0.132 e. The molecular weight excluding hydrogens is 248 g/mol. The SMILES string of the molecule is Cn1nc(C2CCCN2)cc1-c1cc(F)ccc1F. The van der Waals surface area contributed by atoms with Crippen LogP contribution in [0, 0.1) is 11.6 Å². The van der Waals surface area contributed by atoms with E-state index in [9.17, 15) is 8.78 Å². The highest BCUT2D eigenvalue weighted by Gasteiger charge is 2.21. The minimum absolute atomic E-state index is 0.219. The number of aryl methyl sites for hydroxylation is 1. The molecule has 100 valence electrons. The molecule has 1 aliphatic rings. The molecule has 1 aliphatic heterocycles. The summed E-state index contributed by atoms with van der Waals surface area (Å²) in [6.45, 7) is 0.977. The summed E-state index contributed by atoms with van der Waals surface area (Å²) >= 11 is 0. The number of benzene rings is 1. The number of hydrogen-bond donors (Lipinski definition) is 1. The molecule has 1 unspecified atom stereocenters. The van der Waals surface area contributed by atoms with E-state index in [-0.39, 0.29) is 11.6 Å². The predicted octanol–water partition coefficient (Wildman–Crippen LogP) is 2.79. The molecule has 2 heterocycles. The molecule has 3 rings (SSSR count). The van der Waals surface area contributed by atoms with Crippen LogP contribution in [0.5, 0.6) is 0 Å². The summed E-state index contributed by atoms with van der Waals surface area (Å²) in [7, 11) is 1.75.